The summed E-state index contributed by atoms with van der Waals surface area (Å²) in [6.07, 6.45) is 1.52. The molecule has 1 aliphatic rings. The molecule has 2 heterocycles. The molecule has 0 N–H and O–H groups in total. The number of hydrogen-bond donors (Lipinski definition) is 0. The summed E-state index contributed by atoms with van der Waals surface area (Å²) in [5, 5.41) is 0. The molecule has 0 spiro atoms. The van der Waals surface area contributed by atoms with E-state index in [0.717, 1.165) is 15.6 Å². The van der Waals surface area contributed by atoms with Gasteiger partial charge in [-0.3, -0.25) is 9.36 Å². The quantitative estimate of drug-likeness (QED) is 0.436. The number of benzene rings is 2. The van der Waals surface area contributed by atoms with Gasteiger partial charge in [0.2, 0.25) is 0 Å². The molecule has 176 valence electrons. The Morgan fingerprint density at radius 3 is 2.65 bits per heavy atom. The van der Waals surface area contributed by atoms with E-state index in [1.165, 1.54) is 11.3 Å². The molecule has 1 unspecified atom stereocenters. The Hall–Kier alpha value is -2.97. The topological polar surface area (TPSA) is 69.9 Å². The third-order valence-electron chi connectivity index (χ3n) is 5.26. The Bertz CT molecular complexity index is 1440. The number of nitrogens with zero attached hydrogens (tertiary/aromatic N) is 2. The van der Waals surface area contributed by atoms with E-state index in [4.69, 9.17) is 9.47 Å². The number of halogens is 1. The van der Waals surface area contributed by atoms with Crippen molar-refractivity contribution in [3.05, 3.63) is 95.1 Å². The van der Waals surface area contributed by atoms with Crippen LogP contribution in [0, 0.1) is 0 Å². The highest BCUT2D eigenvalue weighted by atomic mass is 79.9. The van der Waals surface area contributed by atoms with Crippen LogP contribution in [0.4, 0.5) is 0 Å². The van der Waals surface area contributed by atoms with Crippen LogP contribution in [-0.2, 0) is 9.53 Å². The van der Waals surface area contributed by atoms with Crippen molar-refractivity contribution in [3.8, 4) is 5.75 Å². The minimum absolute atomic E-state index is 0.220. The number of hydrogen-bond acceptors (Lipinski definition) is 6. The fourth-order valence-electron chi connectivity index (χ4n) is 3.87. The highest BCUT2D eigenvalue weighted by molar-refractivity contribution is 9.10. The fourth-order valence-corrected chi connectivity index (χ4v) is 5.29. The second-order valence-corrected chi connectivity index (χ2v) is 9.99. The number of carbonyl (C=O) groups excluding carboxylic acids is 1. The van der Waals surface area contributed by atoms with Gasteiger partial charge in [-0.2, -0.15) is 0 Å². The number of fused-ring (bicyclic) bond motifs is 1. The highest BCUT2D eigenvalue weighted by Crippen LogP contribution is 2.31. The van der Waals surface area contributed by atoms with Crippen LogP contribution < -0.4 is 19.6 Å². The third-order valence-corrected chi connectivity index (χ3v) is 6.73. The van der Waals surface area contributed by atoms with Crippen molar-refractivity contribution < 1.29 is 14.3 Å². The second kappa shape index (κ2) is 10.1. The van der Waals surface area contributed by atoms with Gasteiger partial charge in [0.05, 0.1) is 34.6 Å². The van der Waals surface area contributed by atoms with Crippen LogP contribution in [0.2, 0.25) is 0 Å². The lowest BCUT2D eigenvalue weighted by Gasteiger charge is -2.25. The lowest BCUT2D eigenvalue weighted by atomic mass is 9.96. The summed E-state index contributed by atoms with van der Waals surface area (Å²) >= 11 is 4.79. The summed E-state index contributed by atoms with van der Waals surface area (Å²) in [7, 11) is 0. The van der Waals surface area contributed by atoms with Crippen molar-refractivity contribution in [3.63, 3.8) is 0 Å². The van der Waals surface area contributed by atoms with E-state index in [1.807, 2.05) is 61.5 Å². The van der Waals surface area contributed by atoms with Crippen molar-refractivity contribution in [2.45, 2.75) is 39.8 Å². The first-order chi connectivity index (χ1) is 16.3. The SMILES string of the molecule is CCOc1ccc(Br)cc1C=c1sc2n(c1=O)C(c1ccccc1)C(C(=O)OC(C)C)=C(C)N=2. The molecule has 2 aromatic carbocycles. The van der Waals surface area contributed by atoms with Crippen molar-refractivity contribution in [1.82, 2.24) is 4.57 Å². The van der Waals surface area contributed by atoms with Crippen LogP contribution in [-0.4, -0.2) is 23.2 Å². The van der Waals surface area contributed by atoms with Crippen molar-refractivity contribution in [1.29, 1.82) is 0 Å². The molecule has 0 bridgehead atoms. The Balaban J connectivity index is 1.94. The molecule has 8 heteroatoms. The molecule has 0 amide bonds. The molecule has 0 saturated carbocycles. The number of esters is 1. The van der Waals surface area contributed by atoms with Crippen molar-refractivity contribution in [2.75, 3.05) is 6.61 Å². The monoisotopic (exact) mass is 540 g/mol. The molecule has 34 heavy (non-hydrogen) atoms. The van der Waals surface area contributed by atoms with Crippen LogP contribution in [0.3, 0.4) is 0 Å². The maximum Gasteiger partial charge on any atom is 0.338 e. The zero-order valence-corrected chi connectivity index (χ0v) is 21.8. The predicted molar refractivity (Wildman–Crippen MR) is 137 cm³/mol. The summed E-state index contributed by atoms with van der Waals surface area (Å²) in [6, 6.07) is 14.6. The summed E-state index contributed by atoms with van der Waals surface area (Å²) in [6.45, 7) is 7.81. The lowest BCUT2D eigenvalue weighted by Crippen LogP contribution is -2.40. The summed E-state index contributed by atoms with van der Waals surface area (Å²) < 4.78 is 14.3. The average Bonchev–Trinajstić information content (AvgIpc) is 3.09. The van der Waals surface area contributed by atoms with E-state index in [2.05, 4.69) is 20.9 Å². The summed E-state index contributed by atoms with van der Waals surface area (Å²) in [4.78, 5) is 32.0. The molecule has 6 nitrogen and oxygen atoms in total. The van der Waals surface area contributed by atoms with E-state index in [-0.39, 0.29) is 11.7 Å². The Kier molecular flexibility index (Phi) is 7.19. The molecule has 0 radical (unpaired) electrons. The number of ether oxygens (including phenoxy) is 2. The maximum absolute atomic E-state index is 13.7. The largest absolute Gasteiger partial charge is 0.493 e. The number of allylic oxidation sites excluding steroid dienone is 1. The first-order valence-electron chi connectivity index (χ1n) is 11.0. The van der Waals surface area contributed by atoms with E-state index in [0.29, 0.717) is 33.0 Å². The van der Waals surface area contributed by atoms with Gasteiger partial charge in [-0.15, -0.1) is 0 Å². The number of thiazole rings is 1. The molecule has 0 saturated heterocycles. The predicted octanol–water partition coefficient (Wildman–Crippen LogP) is 4.35. The Morgan fingerprint density at radius 2 is 1.97 bits per heavy atom. The van der Waals surface area contributed by atoms with Gasteiger partial charge in [0.15, 0.2) is 4.80 Å². The normalized spacial score (nSPS) is 15.8. The third kappa shape index (κ3) is 4.79. The van der Waals surface area contributed by atoms with Gasteiger partial charge in [0.1, 0.15) is 5.75 Å². The zero-order valence-electron chi connectivity index (χ0n) is 19.4. The summed E-state index contributed by atoms with van der Waals surface area (Å²) in [5.41, 5.74) is 2.30. The first kappa shape index (κ1) is 24.2. The second-order valence-electron chi connectivity index (χ2n) is 8.06. The van der Waals surface area contributed by atoms with Gasteiger partial charge in [-0.05, 0) is 57.5 Å². The number of rotatable bonds is 6. The lowest BCUT2D eigenvalue weighted by molar-refractivity contribution is -0.143. The van der Waals surface area contributed by atoms with Gasteiger partial charge in [0, 0.05) is 10.0 Å². The van der Waals surface area contributed by atoms with E-state index in [1.54, 1.807) is 25.3 Å². The fraction of sp³-hybridized carbons (Fsp3) is 0.269. The molecule has 1 atom stereocenters. The molecule has 0 fully saturated rings. The van der Waals surface area contributed by atoms with E-state index < -0.39 is 12.0 Å². The van der Waals surface area contributed by atoms with Crippen LogP contribution in [0.5, 0.6) is 5.75 Å². The van der Waals surface area contributed by atoms with Gasteiger partial charge in [-0.25, -0.2) is 9.79 Å². The van der Waals surface area contributed by atoms with Crippen molar-refractivity contribution in [2.24, 2.45) is 4.99 Å². The molecular formula is C26H25BrN2O4S. The van der Waals surface area contributed by atoms with Gasteiger partial charge in [0.25, 0.3) is 5.56 Å². The molecule has 0 aliphatic carbocycles. The zero-order chi connectivity index (χ0) is 24.4. The molecule has 1 aliphatic heterocycles. The van der Waals surface area contributed by atoms with Crippen LogP contribution >= 0.6 is 27.3 Å². The minimum Gasteiger partial charge on any atom is -0.493 e. The van der Waals surface area contributed by atoms with Crippen LogP contribution in [0.25, 0.3) is 6.08 Å². The number of carbonyl (C=O) groups is 1. The maximum atomic E-state index is 13.7. The van der Waals surface area contributed by atoms with Gasteiger partial charge in [-0.1, -0.05) is 57.6 Å². The smallest absolute Gasteiger partial charge is 0.338 e. The van der Waals surface area contributed by atoms with Crippen LogP contribution in [0.15, 0.2) is 74.1 Å². The van der Waals surface area contributed by atoms with E-state index >= 15 is 0 Å². The van der Waals surface area contributed by atoms with Crippen LogP contribution in [0.1, 0.15) is 44.9 Å². The molecule has 3 aromatic rings. The number of aromatic nitrogens is 1. The van der Waals surface area contributed by atoms with Crippen molar-refractivity contribution >= 4 is 39.3 Å². The average molecular weight is 541 g/mol. The molecule has 4 rings (SSSR count). The molecular weight excluding hydrogens is 516 g/mol. The summed E-state index contributed by atoms with van der Waals surface area (Å²) in [5.74, 6) is 0.221. The Morgan fingerprint density at radius 1 is 1.24 bits per heavy atom. The minimum atomic E-state index is -0.625. The van der Waals surface area contributed by atoms with Gasteiger partial charge >= 0.3 is 5.97 Å². The Labute approximate surface area is 210 Å². The standard InChI is InChI=1S/C26H25BrN2O4S/c1-5-32-20-12-11-19(27)13-18(20)14-21-24(30)29-23(17-9-7-6-8-10-17)22(25(31)33-15(2)3)16(4)28-26(29)34-21/h6-15,23H,5H2,1-4H3. The van der Waals surface area contributed by atoms with E-state index in [9.17, 15) is 9.59 Å². The first-order valence-corrected chi connectivity index (χ1v) is 12.6. The molecule has 1 aromatic heterocycles. The highest BCUT2D eigenvalue weighted by Gasteiger charge is 2.33. The van der Waals surface area contributed by atoms with Gasteiger partial charge < -0.3 is 9.47 Å².